The van der Waals surface area contributed by atoms with E-state index in [9.17, 15) is 0 Å². The molecule has 108 valence electrons. The van der Waals surface area contributed by atoms with Crippen LogP contribution in [0.25, 0.3) is 0 Å². The smallest absolute Gasteiger partial charge is 0.121 e. The molecule has 0 amide bonds. The summed E-state index contributed by atoms with van der Waals surface area (Å²) in [6.45, 7) is 8.00. The Bertz CT molecular complexity index is 536. The van der Waals surface area contributed by atoms with Crippen molar-refractivity contribution < 1.29 is 4.74 Å². The lowest BCUT2D eigenvalue weighted by molar-refractivity contribution is 0.217. The number of ether oxygens (including phenoxy) is 1. The van der Waals surface area contributed by atoms with E-state index in [1.807, 2.05) is 37.5 Å². The van der Waals surface area contributed by atoms with Gasteiger partial charge in [-0.2, -0.15) is 0 Å². The largest absolute Gasteiger partial charge is 0.491 e. The van der Waals surface area contributed by atoms with E-state index in [0.717, 1.165) is 36.8 Å². The minimum Gasteiger partial charge on any atom is -0.491 e. The third kappa shape index (κ3) is 4.02. The van der Waals surface area contributed by atoms with Gasteiger partial charge in [0.25, 0.3) is 0 Å². The second kappa shape index (κ2) is 6.98. The zero-order valence-corrected chi connectivity index (χ0v) is 12.5. The predicted octanol–water partition coefficient (Wildman–Crippen LogP) is 3.48. The molecule has 4 nitrogen and oxygen atoms in total. The van der Waals surface area contributed by atoms with Gasteiger partial charge in [-0.1, -0.05) is 13.0 Å². The van der Waals surface area contributed by atoms with Crippen molar-refractivity contribution >= 4 is 5.69 Å². The number of hydrogen-bond acceptors (Lipinski definition) is 3. The van der Waals surface area contributed by atoms with Gasteiger partial charge in [0.05, 0.1) is 6.10 Å². The van der Waals surface area contributed by atoms with Gasteiger partial charge in [0.1, 0.15) is 11.6 Å². The van der Waals surface area contributed by atoms with E-state index in [-0.39, 0.29) is 6.10 Å². The molecule has 0 spiro atoms. The molecule has 1 aromatic carbocycles. The van der Waals surface area contributed by atoms with E-state index in [0.29, 0.717) is 0 Å². The van der Waals surface area contributed by atoms with E-state index < -0.39 is 0 Å². The fourth-order valence-electron chi connectivity index (χ4n) is 1.96. The first-order chi connectivity index (χ1) is 9.69. The first kappa shape index (κ1) is 14.4. The van der Waals surface area contributed by atoms with Crippen LogP contribution in [0.2, 0.25) is 0 Å². The van der Waals surface area contributed by atoms with Crippen LogP contribution in [-0.4, -0.2) is 22.2 Å². The van der Waals surface area contributed by atoms with Crippen LogP contribution >= 0.6 is 0 Å². The molecule has 2 aromatic rings. The molecule has 20 heavy (non-hydrogen) atoms. The Labute approximate surface area is 120 Å². The lowest BCUT2D eigenvalue weighted by Gasteiger charge is -2.14. The van der Waals surface area contributed by atoms with E-state index >= 15 is 0 Å². The minimum absolute atomic E-state index is 0.249. The Hall–Kier alpha value is -1.97. The number of aryl methyl sites for hydroxylation is 1. The molecule has 1 heterocycles. The summed E-state index contributed by atoms with van der Waals surface area (Å²) in [7, 11) is 0. The quantitative estimate of drug-likeness (QED) is 0.839. The van der Waals surface area contributed by atoms with Gasteiger partial charge in [0, 0.05) is 37.2 Å². The average molecular weight is 273 g/mol. The van der Waals surface area contributed by atoms with Gasteiger partial charge in [0.2, 0.25) is 0 Å². The number of rotatable bonds is 7. The maximum Gasteiger partial charge on any atom is 0.121 e. The summed E-state index contributed by atoms with van der Waals surface area (Å²) in [5, 5.41) is 3.41. The Balaban J connectivity index is 1.86. The maximum atomic E-state index is 5.82. The van der Waals surface area contributed by atoms with Crippen molar-refractivity contribution in [1.29, 1.82) is 0 Å². The zero-order valence-electron chi connectivity index (χ0n) is 12.5. The molecule has 4 heteroatoms. The van der Waals surface area contributed by atoms with Crippen molar-refractivity contribution in [2.75, 3.05) is 11.9 Å². The normalized spacial score (nSPS) is 12.2. The molecule has 0 aliphatic rings. The number of benzene rings is 1. The van der Waals surface area contributed by atoms with Crippen molar-refractivity contribution in [2.45, 2.75) is 39.8 Å². The lowest BCUT2D eigenvalue weighted by atomic mass is 10.2. The van der Waals surface area contributed by atoms with Crippen LogP contribution in [0.5, 0.6) is 5.75 Å². The van der Waals surface area contributed by atoms with Crippen molar-refractivity contribution in [1.82, 2.24) is 9.55 Å². The number of anilines is 1. The molecule has 0 saturated carbocycles. The number of hydrogen-bond donors (Lipinski definition) is 1. The van der Waals surface area contributed by atoms with Gasteiger partial charge in [-0.25, -0.2) is 4.98 Å². The van der Waals surface area contributed by atoms with E-state index in [1.165, 1.54) is 0 Å². The van der Waals surface area contributed by atoms with Crippen LogP contribution in [0, 0.1) is 6.92 Å². The summed E-state index contributed by atoms with van der Waals surface area (Å²) in [5.41, 5.74) is 1.09. The summed E-state index contributed by atoms with van der Waals surface area (Å²) in [6.07, 6.45) is 5.09. The third-order valence-corrected chi connectivity index (χ3v) is 3.35. The summed E-state index contributed by atoms with van der Waals surface area (Å²) in [5.74, 6) is 1.96. The van der Waals surface area contributed by atoms with Crippen LogP contribution in [-0.2, 0) is 6.54 Å². The number of aromatic nitrogens is 2. The van der Waals surface area contributed by atoms with Gasteiger partial charge >= 0.3 is 0 Å². The van der Waals surface area contributed by atoms with Gasteiger partial charge in [-0.3, -0.25) is 0 Å². The van der Waals surface area contributed by atoms with Gasteiger partial charge in [-0.15, -0.1) is 0 Å². The van der Waals surface area contributed by atoms with Crippen LogP contribution < -0.4 is 10.1 Å². The van der Waals surface area contributed by atoms with Gasteiger partial charge in [0.15, 0.2) is 0 Å². The lowest BCUT2D eigenvalue weighted by Crippen LogP contribution is -2.12. The molecule has 0 aliphatic heterocycles. The monoisotopic (exact) mass is 273 g/mol. The molecule has 1 N–H and O–H groups in total. The van der Waals surface area contributed by atoms with E-state index in [4.69, 9.17) is 4.74 Å². The van der Waals surface area contributed by atoms with Crippen LogP contribution in [0.1, 0.15) is 26.1 Å². The Morgan fingerprint density at radius 3 is 2.95 bits per heavy atom. The third-order valence-electron chi connectivity index (χ3n) is 3.35. The highest BCUT2D eigenvalue weighted by Crippen LogP contribution is 2.19. The second-order valence-electron chi connectivity index (χ2n) is 4.96. The molecular formula is C16H23N3O. The first-order valence-corrected chi connectivity index (χ1v) is 7.17. The molecule has 0 bridgehead atoms. The van der Waals surface area contributed by atoms with Gasteiger partial charge in [-0.05, 0) is 32.4 Å². The molecule has 0 aliphatic carbocycles. The van der Waals surface area contributed by atoms with Crippen molar-refractivity contribution in [3.05, 3.63) is 42.5 Å². The zero-order chi connectivity index (χ0) is 14.4. The molecule has 1 unspecified atom stereocenters. The van der Waals surface area contributed by atoms with Crippen molar-refractivity contribution in [3.8, 4) is 5.75 Å². The molecule has 1 aromatic heterocycles. The predicted molar refractivity (Wildman–Crippen MR) is 82.3 cm³/mol. The molecule has 2 rings (SSSR count). The van der Waals surface area contributed by atoms with Crippen LogP contribution in [0.15, 0.2) is 36.7 Å². The molecule has 0 fully saturated rings. The van der Waals surface area contributed by atoms with E-state index in [1.54, 1.807) is 0 Å². The van der Waals surface area contributed by atoms with Crippen LogP contribution in [0.4, 0.5) is 5.69 Å². The fourth-order valence-corrected chi connectivity index (χ4v) is 1.96. The molecule has 0 saturated heterocycles. The number of imidazole rings is 1. The summed E-state index contributed by atoms with van der Waals surface area (Å²) in [4.78, 5) is 4.21. The van der Waals surface area contributed by atoms with Crippen molar-refractivity contribution in [3.63, 3.8) is 0 Å². The van der Waals surface area contributed by atoms with Crippen molar-refractivity contribution in [2.24, 2.45) is 0 Å². The average Bonchev–Trinajstić information content (AvgIpc) is 2.85. The van der Waals surface area contributed by atoms with E-state index in [2.05, 4.69) is 34.8 Å². The molecular weight excluding hydrogens is 250 g/mol. The number of nitrogens with zero attached hydrogens (tertiary/aromatic N) is 2. The fraction of sp³-hybridized carbons (Fsp3) is 0.438. The highest BCUT2D eigenvalue weighted by molar-refractivity contribution is 5.48. The van der Waals surface area contributed by atoms with Crippen LogP contribution in [0.3, 0.4) is 0 Å². The summed E-state index contributed by atoms with van der Waals surface area (Å²) >= 11 is 0. The van der Waals surface area contributed by atoms with Gasteiger partial charge < -0.3 is 14.6 Å². The number of nitrogens with one attached hydrogen (secondary N) is 1. The highest BCUT2D eigenvalue weighted by atomic mass is 16.5. The Morgan fingerprint density at radius 2 is 2.25 bits per heavy atom. The minimum atomic E-state index is 0.249. The first-order valence-electron chi connectivity index (χ1n) is 7.17. The summed E-state index contributed by atoms with van der Waals surface area (Å²) in [6, 6.07) is 8.12. The highest BCUT2D eigenvalue weighted by Gasteiger charge is 2.02. The summed E-state index contributed by atoms with van der Waals surface area (Å²) < 4.78 is 7.95. The topological polar surface area (TPSA) is 39.1 Å². The molecule has 0 radical (unpaired) electrons. The molecule has 1 atom stereocenters. The SMILES string of the molecule is CCC(C)Oc1cccc(NCCn2ccnc2C)c1. The standard InChI is InChI=1S/C16H23N3O/c1-4-13(2)20-16-7-5-6-15(12-16)18-9-11-19-10-8-17-14(19)3/h5-8,10,12-13,18H,4,9,11H2,1-3H3. The Morgan fingerprint density at radius 1 is 1.40 bits per heavy atom. The maximum absolute atomic E-state index is 5.82. The second-order valence-corrected chi connectivity index (χ2v) is 4.96. The Kier molecular flexibility index (Phi) is 5.04.